The number of carbonyl (C=O) groups excluding carboxylic acids is 1. The van der Waals surface area contributed by atoms with Gasteiger partial charge in [-0.15, -0.1) is 0 Å². The number of benzene rings is 1. The van der Waals surface area contributed by atoms with E-state index in [1.165, 1.54) is 31.2 Å². The van der Waals surface area contributed by atoms with Gasteiger partial charge in [-0.3, -0.25) is 15.5 Å². The number of carbonyl (C=O) groups is 1. The monoisotopic (exact) mass is 343 g/mol. The van der Waals surface area contributed by atoms with Crippen molar-refractivity contribution in [1.82, 2.24) is 5.16 Å². The molecule has 128 valence electrons. The van der Waals surface area contributed by atoms with E-state index in [9.17, 15) is 20.2 Å². The van der Waals surface area contributed by atoms with Crippen molar-refractivity contribution < 1.29 is 19.0 Å². The van der Waals surface area contributed by atoms with Crippen molar-refractivity contribution in [3.8, 4) is 6.07 Å². The highest BCUT2D eigenvalue weighted by Gasteiger charge is 2.25. The predicted molar refractivity (Wildman–Crippen MR) is 86.1 cm³/mol. The molecule has 0 saturated heterocycles. The number of aromatic nitrogens is 1. The van der Waals surface area contributed by atoms with Gasteiger partial charge in [0.15, 0.2) is 0 Å². The Hall–Kier alpha value is -3.74. The number of non-ortho nitro benzene ring substituents is 1. The molecule has 1 aromatic heterocycles. The lowest BCUT2D eigenvalue weighted by Crippen LogP contribution is -2.11. The Morgan fingerprint density at radius 3 is 2.72 bits per heavy atom. The van der Waals surface area contributed by atoms with Crippen molar-refractivity contribution in [3.63, 3.8) is 0 Å². The topological polar surface area (TPSA) is 144 Å². The van der Waals surface area contributed by atoms with E-state index in [2.05, 4.69) is 15.7 Å². The summed E-state index contributed by atoms with van der Waals surface area (Å²) in [7, 11) is 0. The Morgan fingerprint density at radius 2 is 2.16 bits per heavy atom. The van der Waals surface area contributed by atoms with Crippen LogP contribution in [0.1, 0.15) is 28.7 Å². The molecule has 0 aliphatic carbocycles. The van der Waals surface area contributed by atoms with Crippen LogP contribution in [0.15, 0.2) is 33.9 Å². The van der Waals surface area contributed by atoms with E-state index in [1.807, 2.05) is 0 Å². The zero-order valence-corrected chi connectivity index (χ0v) is 13.3. The van der Waals surface area contributed by atoms with E-state index in [1.54, 1.807) is 13.0 Å². The lowest BCUT2D eigenvalue weighted by Gasteiger charge is -2.02. The van der Waals surface area contributed by atoms with Gasteiger partial charge in [0.25, 0.3) is 5.69 Å². The van der Waals surface area contributed by atoms with Gasteiger partial charge in [-0.2, -0.15) is 10.4 Å². The molecule has 0 atom stereocenters. The summed E-state index contributed by atoms with van der Waals surface area (Å²) < 4.78 is 9.93. The Balaban J connectivity index is 2.28. The smallest absolute Gasteiger partial charge is 0.344 e. The van der Waals surface area contributed by atoms with E-state index >= 15 is 0 Å². The van der Waals surface area contributed by atoms with E-state index in [4.69, 9.17) is 9.26 Å². The average Bonchev–Trinajstić information content (AvgIpc) is 2.97. The fraction of sp³-hybridized carbons (Fsp3) is 0.200. The van der Waals surface area contributed by atoms with Crippen molar-refractivity contribution >= 4 is 23.1 Å². The molecule has 25 heavy (non-hydrogen) atoms. The van der Waals surface area contributed by atoms with E-state index in [0.29, 0.717) is 5.69 Å². The number of nitriles is 1. The molecule has 1 N–H and O–H groups in total. The van der Waals surface area contributed by atoms with Crippen LogP contribution in [0.3, 0.4) is 0 Å². The molecule has 0 amide bonds. The Bertz CT molecular complexity index is 863. The van der Waals surface area contributed by atoms with Crippen LogP contribution in [-0.2, 0) is 4.74 Å². The van der Waals surface area contributed by atoms with Crippen molar-refractivity contribution in [2.24, 2.45) is 5.10 Å². The highest BCUT2D eigenvalue weighted by molar-refractivity contribution is 6.15. The van der Waals surface area contributed by atoms with Crippen molar-refractivity contribution in [2.45, 2.75) is 13.8 Å². The van der Waals surface area contributed by atoms with Gasteiger partial charge in [-0.05, 0) is 26.0 Å². The van der Waals surface area contributed by atoms with Crippen LogP contribution in [0.2, 0.25) is 0 Å². The molecule has 0 spiro atoms. The molecule has 0 radical (unpaired) electrons. The lowest BCUT2D eigenvalue weighted by atomic mass is 10.1. The number of anilines is 1. The van der Waals surface area contributed by atoms with Gasteiger partial charge in [0, 0.05) is 12.1 Å². The molecule has 0 fully saturated rings. The number of nitro benzene ring substituents is 1. The fourth-order valence-corrected chi connectivity index (χ4v) is 1.88. The Labute approximate surface area is 141 Å². The number of rotatable bonds is 6. The minimum atomic E-state index is -0.672. The molecular weight excluding hydrogens is 330 g/mol. The van der Waals surface area contributed by atoms with Crippen molar-refractivity contribution in [3.05, 3.63) is 51.4 Å². The number of esters is 1. The molecular formula is C15H13N5O5. The van der Waals surface area contributed by atoms with Crippen LogP contribution in [0.4, 0.5) is 11.4 Å². The highest BCUT2D eigenvalue weighted by atomic mass is 16.6. The van der Waals surface area contributed by atoms with Gasteiger partial charge >= 0.3 is 5.97 Å². The van der Waals surface area contributed by atoms with E-state index < -0.39 is 10.9 Å². The summed E-state index contributed by atoms with van der Waals surface area (Å²) in [6.45, 7) is 3.34. The van der Waals surface area contributed by atoms with Crippen molar-refractivity contribution in [2.75, 3.05) is 12.0 Å². The summed E-state index contributed by atoms with van der Waals surface area (Å²) >= 11 is 0. The number of aryl methyl sites for hydroxylation is 1. The maximum atomic E-state index is 12.0. The number of hydrogen-bond acceptors (Lipinski definition) is 9. The third kappa shape index (κ3) is 3.97. The number of hydrazone groups is 1. The second-order valence-electron chi connectivity index (χ2n) is 4.68. The third-order valence-electron chi connectivity index (χ3n) is 3.04. The van der Waals surface area contributed by atoms with Crippen LogP contribution in [0.25, 0.3) is 0 Å². The summed E-state index contributed by atoms with van der Waals surface area (Å²) in [5.74, 6) is -0.789. The molecule has 1 aromatic carbocycles. The molecule has 0 saturated carbocycles. The third-order valence-corrected chi connectivity index (χ3v) is 3.04. The highest BCUT2D eigenvalue weighted by Crippen LogP contribution is 2.18. The lowest BCUT2D eigenvalue weighted by molar-refractivity contribution is -0.384. The maximum Gasteiger partial charge on any atom is 0.344 e. The minimum Gasteiger partial charge on any atom is -0.462 e. The predicted octanol–water partition coefficient (Wildman–Crippen LogP) is 2.41. The fourth-order valence-electron chi connectivity index (χ4n) is 1.88. The molecule has 10 nitrogen and oxygen atoms in total. The first-order valence-corrected chi connectivity index (χ1v) is 7.10. The Kier molecular flexibility index (Phi) is 5.42. The first-order valence-electron chi connectivity index (χ1n) is 7.10. The number of nitrogens with one attached hydrogen (secondary N) is 1. The normalized spacial score (nSPS) is 10.8. The molecule has 2 rings (SSSR count). The van der Waals surface area contributed by atoms with Crippen molar-refractivity contribution in [1.29, 1.82) is 5.26 Å². The summed E-state index contributed by atoms with van der Waals surface area (Å²) in [6, 6.07) is 7.23. The second kappa shape index (κ2) is 7.69. The first-order chi connectivity index (χ1) is 12.0. The number of nitrogens with zero attached hydrogens (tertiary/aromatic N) is 4. The molecule has 0 bridgehead atoms. The number of nitro groups is 1. The standard InChI is InChI=1S/C15H13N5O5/c1-3-24-15(21)13-9(2)19-25-14(13)12(8-16)18-17-10-4-6-11(7-5-10)20(22)23/h4-7,17H,3H2,1-2H3/b18-12+. The Morgan fingerprint density at radius 1 is 1.48 bits per heavy atom. The van der Waals surface area contributed by atoms with Gasteiger partial charge in [0.1, 0.15) is 11.6 Å². The maximum absolute atomic E-state index is 12.0. The van der Waals surface area contributed by atoms with Gasteiger partial charge in [0.2, 0.25) is 11.5 Å². The average molecular weight is 343 g/mol. The summed E-state index contributed by atoms with van der Waals surface area (Å²) in [5, 5.41) is 27.4. The van der Waals surface area contributed by atoms with E-state index in [-0.39, 0.29) is 35.0 Å². The zero-order valence-electron chi connectivity index (χ0n) is 13.3. The minimum absolute atomic E-state index is 0.0210. The molecule has 1 heterocycles. The van der Waals surface area contributed by atoms with Crippen LogP contribution < -0.4 is 5.43 Å². The largest absolute Gasteiger partial charge is 0.462 e. The van der Waals surface area contributed by atoms with Crippen LogP contribution in [0, 0.1) is 28.4 Å². The SMILES string of the molecule is CCOC(=O)c1c(C)noc1/C(C#N)=N/Nc1ccc([N+](=O)[O-])cc1. The summed E-state index contributed by atoms with van der Waals surface area (Å²) in [5.41, 5.74) is 2.97. The van der Waals surface area contributed by atoms with Gasteiger partial charge in [-0.25, -0.2) is 4.79 Å². The van der Waals surface area contributed by atoms with Crippen LogP contribution >= 0.6 is 0 Å². The van der Waals surface area contributed by atoms with Crippen LogP contribution in [0.5, 0.6) is 0 Å². The molecule has 0 aliphatic rings. The quantitative estimate of drug-likeness (QED) is 0.364. The van der Waals surface area contributed by atoms with Gasteiger partial charge in [0.05, 0.1) is 22.9 Å². The number of ether oxygens (including phenoxy) is 1. The molecule has 10 heteroatoms. The van der Waals surface area contributed by atoms with E-state index in [0.717, 1.165) is 0 Å². The van der Waals surface area contributed by atoms with Gasteiger partial charge in [-0.1, -0.05) is 5.16 Å². The molecule has 0 unspecified atom stereocenters. The molecule has 0 aliphatic heterocycles. The second-order valence-corrected chi connectivity index (χ2v) is 4.68. The zero-order chi connectivity index (χ0) is 18.4. The number of hydrogen-bond donors (Lipinski definition) is 1. The van der Waals surface area contributed by atoms with Gasteiger partial charge < -0.3 is 9.26 Å². The molecule has 2 aromatic rings. The summed E-state index contributed by atoms with van der Waals surface area (Å²) in [4.78, 5) is 22.1. The summed E-state index contributed by atoms with van der Waals surface area (Å²) in [6.07, 6.45) is 0. The van der Waals surface area contributed by atoms with Crippen LogP contribution in [-0.4, -0.2) is 28.4 Å². The first kappa shape index (κ1) is 17.6.